The molecule has 4 unspecified atom stereocenters. The maximum atomic E-state index is 5.15. The van der Waals surface area contributed by atoms with Crippen LogP contribution in [-0.2, 0) is 19.6 Å². The van der Waals surface area contributed by atoms with Crippen molar-refractivity contribution in [1.29, 1.82) is 0 Å². The Morgan fingerprint density at radius 3 is 2.20 bits per heavy atom. The van der Waals surface area contributed by atoms with Crippen LogP contribution >= 0.6 is 25.3 Å². The molecule has 0 aliphatic heterocycles. The first kappa shape index (κ1) is 13.6. The Bertz CT molecular complexity index is 181. The summed E-state index contributed by atoms with van der Waals surface area (Å²) in [4.78, 5) is 19.7. The Labute approximate surface area is 101 Å². The minimum absolute atomic E-state index is 0.0189. The van der Waals surface area contributed by atoms with E-state index in [0.717, 1.165) is 19.3 Å². The summed E-state index contributed by atoms with van der Waals surface area (Å²) in [6.07, 6.45) is 2.37. The minimum atomic E-state index is -0.0497. The predicted molar refractivity (Wildman–Crippen MR) is 63.2 cm³/mol. The van der Waals surface area contributed by atoms with Crippen LogP contribution in [0.2, 0.25) is 0 Å². The fourth-order valence-electron chi connectivity index (χ4n) is 1.78. The van der Waals surface area contributed by atoms with Crippen LogP contribution in [0.3, 0.4) is 0 Å². The lowest BCUT2D eigenvalue weighted by atomic mass is 10.1. The molecule has 1 rings (SSSR count). The number of rotatable bonds is 4. The van der Waals surface area contributed by atoms with Gasteiger partial charge < -0.3 is 0 Å². The lowest BCUT2D eigenvalue weighted by Crippen LogP contribution is -2.26. The van der Waals surface area contributed by atoms with Gasteiger partial charge in [-0.05, 0) is 19.3 Å². The van der Waals surface area contributed by atoms with Gasteiger partial charge in [0.1, 0.15) is 6.10 Å². The van der Waals surface area contributed by atoms with Crippen molar-refractivity contribution in [3.63, 3.8) is 0 Å². The van der Waals surface area contributed by atoms with E-state index < -0.39 is 0 Å². The van der Waals surface area contributed by atoms with Crippen molar-refractivity contribution in [1.82, 2.24) is 0 Å². The van der Waals surface area contributed by atoms with Gasteiger partial charge in [-0.3, -0.25) is 0 Å². The topological polar surface area (TPSA) is 36.9 Å². The molecule has 4 atom stereocenters. The standard InChI is InChI=1S/C9H18O4S2/c1-10-12-6-3-7(14)5-8(13-11-2)9(15)4-6/h6-9,14-15H,3-5H2,1-2H3. The molecule has 0 radical (unpaired) electrons. The Morgan fingerprint density at radius 2 is 1.60 bits per heavy atom. The maximum absolute atomic E-state index is 5.15. The minimum Gasteiger partial charge on any atom is -0.240 e. The van der Waals surface area contributed by atoms with Crippen molar-refractivity contribution in [3.05, 3.63) is 0 Å². The van der Waals surface area contributed by atoms with Crippen LogP contribution in [0.4, 0.5) is 0 Å². The van der Waals surface area contributed by atoms with E-state index in [1.807, 2.05) is 0 Å². The van der Waals surface area contributed by atoms with Gasteiger partial charge >= 0.3 is 0 Å². The Balaban J connectivity index is 2.52. The van der Waals surface area contributed by atoms with Gasteiger partial charge in [-0.15, -0.1) is 0 Å². The van der Waals surface area contributed by atoms with E-state index in [0.29, 0.717) is 0 Å². The average molecular weight is 254 g/mol. The number of thiol groups is 2. The third-order valence-electron chi connectivity index (χ3n) is 2.43. The Kier molecular flexibility index (Phi) is 6.33. The first-order chi connectivity index (χ1) is 7.17. The number of hydrogen-bond acceptors (Lipinski definition) is 6. The first-order valence-electron chi connectivity index (χ1n) is 4.92. The molecule has 1 aliphatic rings. The lowest BCUT2D eigenvalue weighted by molar-refractivity contribution is -0.312. The SMILES string of the molecule is COOC1CC(S)CC(OOC)C(S)C1. The summed E-state index contributed by atoms with van der Waals surface area (Å²) in [5.41, 5.74) is 0. The lowest BCUT2D eigenvalue weighted by Gasteiger charge is -2.20. The summed E-state index contributed by atoms with van der Waals surface area (Å²) in [7, 11) is 3.01. The summed E-state index contributed by atoms with van der Waals surface area (Å²) >= 11 is 8.95. The molecular weight excluding hydrogens is 236 g/mol. The molecule has 15 heavy (non-hydrogen) atoms. The van der Waals surface area contributed by atoms with E-state index in [1.54, 1.807) is 0 Å². The highest BCUT2D eigenvalue weighted by molar-refractivity contribution is 7.81. The highest BCUT2D eigenvalue weighted by atomic mass is 32.1. The molecule has 0 aromatic rings. The fourth-order valence-corrected chi connectivity index (χ4v) is 2.63. The zero-order valence-corrected chi connectivity index (χ0v) is 10.7. The van der Waals surface area contributed by atoms with Crippen LogP contribution in [0.5, 0.6) is 0 Å². The van der Waals surface area contributed by atoms with Crippen LogP contribution in [-0.4, -0.2) is 36.9 Å². The van der Waals surface area contributed by atoms with Crippen molar-refractivity contribution in [3.8, 4) is 0 Å². The van der Waals surface area contributed by atoms with Gasteiger partial charge in [0.05, 0.1) is 20.3 Å². The van der Waals surface area contributed by atoms with Crippen LogP contribution in [0, 0.1) is 0 Å². The van der Waals surface area contributed by atoms with Crippen LogP contribution in [0.25, 0.3) is 0 Å². The van der Waals surface area contributed by atoms with Gasteiger partial charge in [-0.1, -0.05) is 0 Å². The van der Waals surface area contributed by atoms with E-state index in [1.165, 1.54) is 14.2 Å². The Hall–Kier alpha value is 0.540. The summed E-state index contributed by atoms with van der Waals surface area (Å²) in [5, 5.41) is 0.282. The molecule has 0 aromatic heterocycles. The second-order valence-corrected chi connectivity index (χ2v) is 5.01. The Morgan fingerprint density at radius 1 is 0.933 bits per heavy atom. The van der Waals surface area contributed by atoms with Gasteiger partial charge in [0.15, 0.2) is 0 Å². The van der Waals surface area contributed by atoms with E-state index in [4.69, 9.17) is 14.7 Å². The molecule has 1 aliphatic carbocycles. The third-order valence-corrected chi connectivity index (χ3v) is 3.39. The molecule has 0 spiro atoms. The van der Waals surface area contributed by atoms with E-state index in [2.05, 4.69) is 30.1 Å². The van der Waals surface area contributed by atoms with Crippen molar-refractivity contribution >= 4 is 25.3 Å². The number of hydrogen-bond donors (Lipinski definition) is 2. The van der Waals surface area contributed by atoms with Crippen molar-refractivity contribution in [2.24, 2.45) is 0 Å². The van der Waals surface area contributed by atoms with Gasteiger partial charge in [0.25, 0.3) is 0 Å². The molecule has 0 saturated heterocycles. The van der Waals surface area contributed by atoms with Gasteiger partial charge in [-0.2, -0.15) is 25.3 Å². The highest BCUT2D eigenvalue weighted by Gasteiger charge is 2.32. The summed E-state index contributed by atoms with van der Waals surface area (Å²) in [6.45, 7) is 0. The van der Waals surface area contributed by atoms with Crippen molar-refractivity contribution < 1.29 is 19.6 Å². The molecule has 0 bridgehead atoms. The molecule has 1 saturated carbocycles. The molecule has 0 N–H and O–H groups in total. The second kappa shape index (κ2) is 6.98. The largest absolute Gasteiger partial charge is 0.240 e. The fraction of sp³-hybridized carbons (Fsp3) is 1.00. The van der Waals surface area contributed by atoms with Gasteiger partial charge in [-0.25, -0.2) is 19.6 Å². The molecule has 0 heterocycles. The van der Waals surface area contributed by atoms with Gasteiger partial charge in [0, 0.05) is 10.5 Å². The van der Waals surface area contributed by atoms with E-state index in [9.17, 15) is 0 Å². The molecule has 90 valence electrons. The van der Waals surface area contributed by atoms with Crippen LogP contribution in [0.1, 0.15) is 19.3 Å². The average Bonchev–Trinajstić information content (AvgIpc) is 2.28. The van der Waals surface area contributed by atoms with Gasteiger partial charge in [0.2, 0.25) is 0 Å². The molecule has 1 fully saturated rings. The zero-order valence-electron chi connectivity index (χ0n) is 8.96. The maximum Gasteiger partial charge on any atom is 0.106 e. The monoisotopic (exact) mass is 254 g/mol. The van der Waals surface area contributed by atoms with E-state index in [-0.39, 0.29) is 22.7 Å². The smallest absolute Gasteiger partial charge is 0.106 e. The molecule has 6 heteroatoms. The first-order valence-corrected chi connectivity index (χ1v) is 5.95. The normalized spacial score (nSPS) is 37.6. The highest BCUT2D eigenvalue weighted by Crippen LogP contribution is 2.29. The molecule has 0 aromatic carbocycles. The molecular formula is C9H18O4S2. The zero-order chi connectivity index (χ0) is 11.3. The van der Waals surface area contributed by atoms with Crippen LogP contribution in [0.15, 0.2) is 0 Å². The summed E-state index contributed by atoms with van der Waals surface area (Å²) < 4.78 is 0. The quantitative estimate of drug-likeness (QED) is 0.346. The second-order valence-electron chi connectivity index (χ2n) is 3.61. The van der Waals surface area contributed by atoms with E-state index >= 15 is 0 Å². The molecule has 0 amide bonds. The summed E-state index contributed by atoms with van der Waals surface area (Å²) in [6, 6.07) is 0. The summed E-state index contributed by atoms with van der Waals surface area (Å²) in [5.74, 6) is 0. The third kappa shape index (κ3) is 4.50. The molecule has 4 nitrogen and oxygen atoms in total. The predicted octanol–water partition coefficient (Wildman–Crippen LogP) is 1.66. The van der Waals surface area contributed by atoms with Crippen molar-refractivity contribution in [2.45, 2.75) is 42.0 Å². The van der Waals surface area contributed by atoms with Crippen LogP contribution < -0.4 is 0 Å². The van der Waals surface area contributed by atoms with Crippen molar-refractivity contribution in [2.75, 3.05) is 14.2 Å².